The van der Waals surface area contributed by atoms with Gasteiger partial charge in [-0.05, 0) is 37.3 Å². The average Bonchev–Trinajstić information content (AvgIpc) is 2.40. The number of carbonyl (C=O) groups is 1. The van der Waals surface area contributed by atoms with Crippen molar-refractivity contribution >= 4 is 23.4 Å². The van der Waals surface area contributed by atoms with Gasteiger partial charge in [0.2, 0.25) is 0 Å². The van der Waals surface area contributed by atoms with E-state index in [0.29, 0.717) is 17.8 Å². The molecule has 0 fully saturated rings. The lowest BCUT2D eigenvalue weighted by atomic mass is 10.0. The molecule has 0 aliphatic rings. The lowest BCUT2D eigenvalue weighted by molar-refractivity contribution is 0.0949. The van der Waals surface area contributed by atoms with Crippen molar-refractivity contribution in [2.45, 2.75) is 31.4 Å². The molecule has 0 aliphatic carbocycles. The monoisotopic (exact) mass is 266 g/mol. The first kappa shape index (κ1) is 14.9. The van der Waals surface area contributed by atoms with E-state index in [1.54, 1.807) is 24.3 Å². The molecule has 18 heavy (non-hydrogen) atoms. The Morgan fingerprint density at radius 3 is 2.56 bits per heavy atom. The molecule has 3 N–H and O–H groups in total. The molecule has 100 valence electrons. The predicted molar refractivity (Wildman–Crippen MR) is 80.0 cm³/mol. The summed E-state index contributed by atoms with van der Waals surface area (Å²) >= 11 is 1.82. The van der Waals surface area contributed by atoms with Crippen LogP contribution in [0.4, 0.5) is 5.69 Å². The van der Waals surface area contributed by atoms with Crippen LogP contribution in [0.1, 0.15) is 37.0 Å². The Kier molecular flexibility index (Phi) is 5.54. The second-order valence-electron chi connectivity index (χ2n) is 4.40. The number of nitrogen functional groups attached to an aromatic ring is 1. The van der Waals surface area contributed by atoms with Crippen molar-refractivity contribution in [3.63, 3.8) is 0 Å². The fourth-order valence-corrected chi connectivity index (χ4v) is 2.68. The van der Waals surface area contributed by atoms with Gasteiger partial charge in [-0.2, -0.15) is 11.8 Å². The van der Waals surface area contributed by atoms with E-state index in [9.17, 15) is 4.79 Å². The van der Waals surface area contributed by atoms with Gasteiger partial charge >= 0.3 is 0 Å². The molecule has 0 aromatic heterocycles. The largest absolute Gasteiger partial charge is 0.399 e. The maximum absolute atomic E-state index is 12.0. The number of nitrogens with one attached hydrogen (secondary N) is 1. The quantitative estimate of drug-likeness (QED) is 0.778. The summed E-state index contributed by atoms with van der Waals surface area (Å²) in [5, 5.41) is 3.00. The number of hydrogen-bond acceptors (Lipinski definition) is 3. The number of carbonyl (C=O) groups excluding carboxylic acids is 1. The van der Waals surface area contributed by atoms with Crippen molar-refractivity contribution in [3.05, 3.63) is 29.8 Å². The lowest BCUT2D eigenvalue weighted by Crippen LogP contribution is -2.39. The van der Waals surface area contributed by atoms with Crippen LogP contribution in [-0.2, 0) is 0 Å². The van der Waals surface area contributed by atoms with Gasteiger partial charge in [-0.1, -0.05) is 19.9 Å². The maximum Gasteiger partial charge on any atom is 0.251 e. The van der Waals surface area contributed by atoms with Gasteiger partial charge in [0, 0.05) is 22.5 Å². The van der Waals surface area contributed by atoms with E-state index >= 15 is 0 Å². The molecule has 1 aromatic rings. The summed E-state index contributed by atoms with van der Waals surface area (Å²) in [6.45, 7) is 5.01. The second-order valence-corrected chi connectivity index (χ2v) is 5.68. The van der Waals surface area contributed by atoms with Crippen molar-refractivity contribution in [1.29, 1.82) is 0 Å². The zero-order valence-corrected chi connectivity index (χ0v) is 12.1. The van der Waals surface area contributed by atoms with Crippen LogP contribution in [0, 0.1) is 0 Å². The molecule has 1 aromatic carbocycles. The SMILES string of the molecule is CCC(CC)(CNC(=O)c1cccc(N)c1)SC. The average molecular weight is 266 g/mol. The Labute approximate surface area is 114 Å². The van der Waals surface area contributed by atoms with Crippen LogP contribution < -0.4 is 11.1 Å². The zero-order valence-electron chi connectivity index (χ0n) is 11.3. The van der Waals surface area contributed by atoms with Crippen LogP contribution in [0.3, 0.4) is 0 Å². The van der Waals surface area contributed by atoms with E-state index < -0.39 is 0 Å². The summed E-state index contributed by atoms with van der Waals surface area (Å²) in [7, 11) is 0. The molecule has 3 nitrogen and oxygen atoms in total. The number of hydrogen-bond donors (Lipinski definition) is 2. The van der Waals surface area contributed by atoms with Gasteiger partial charge in [0.25, 0.3) is 5.91 Å². The smallest absolute Gasteiger partial charge is 0.251 e. The fraction of sp³-hybridized carbons (Fsp3) is 0.500. The molecule has 0 aliphatic heterocycles. The van der Waals surface area contributed by atoms with Crippen molar-refractivity contribution in [3.8, 4) is 0 Å². The van der Waals surface area contributed by atoms with Crippen molar-refractivity contribution < 1.29 is 4.79 Å². The molecule has 1 rings (SSSR count). The minimum Gasteiger partial charge on any atom is -0.399 e. The van der Waals surface area contributed by atoms with E-state index in [2.05, 4.69) is 25.4 Å². The zero-order chi connectivity index (χ0) is 13.6. The molecule has 0 heterocycles. The number of benzene rings is 1. The third-order valence-corrected chi connectivity index (χ3v) is 5.03. The van der Waals surface area contributed by atoms with E-state index in [0.717, 1.165) is 12.8 Å². The van der Waals surface area contributed by atoms with Crippen LogP contribution in [0.15, 0.2) is 24.3 Å². The molecule has 4 heteroatoms. The minimum absolute atomic E-state index is 0.0531. The summed E-state index contributed by atoms with van der Waals surface area (Å²) in [5.41, 5.74) is 6.91. The number of anilines is 1. The Bertz CT molecular complexity index is 394. The highest BCUT2D eigenvalue weighted by Gasteiger charge is 2.25. The molecular formula is C14H22N2OS. The van der Waals surface area contributed by atoms with Gasteiger partial charge in [0.15, 0.2) is 0 Å². The maximum atomic E-state index is 12.0. The Balaban J connectivity index is 2.66. The predicted octanol–water partition coefficient (Wildman–Crippen LogP) is 2.92. The molecule has 0 saturated heterocycles. The Hall–Kier alpha value is -1.16. The number of thioether (sulfide) groups is 1. The van der Waals surface area contributed by atoms with Gasteiger partial charge in [0.05, 0.1) is 0 Å². The minimum atomic E-state index is -0.0531. The van der Waals surface area contributed by atoms with Crippen LogP contribution in [0.2, 0.25) is 0 Å². The molecule has 0 saturated carbocycles. The summed E-state index contributed by atoms with van der Waals surface area (Å²) < 4.78 is 0.135. The van der Waals surface area contributed by atoms with Gasteiger partial charge in [-0.3, -0.25) is 4.79 Å². The first-order valence-electron chi connectivity index (χ1n) is 6.25. The van der Waals surface area contributed by atoms with E-state index in [4.69, 9.17) is 5.73 Å². The van der Waals surface area contributed by atoms with Crippen molar-refractivity contribution in [2.24, 2.45) is 0 Å². The molecule has 0 bridgehead atoms. The first-order chi connectivity index (χ1) is 8.56. The van der Waals surface area contributed by atoms with Crippen LogP contribution >= 0.6 is 11.8 Å². The Morgan fingerprint density at radius 1 is 1.39 bits per heavy atom. The highest BCUT2D eigenvalue weighted by atomic mass is 32.2. The van der Waals surface area contributed by atoms with Crippen LogP contribution in [0.5, 0.6) is 0 Å². The third kappa shape index (κ3) is 3.67. The first-order valence-corrected chi connectivity index (χ1v) is 7.48. The Morgan fingerprint density at radius 2 is 2.06 bits per heavy atom. The second kappa shape index (κ2) is 6.69. The van der Waals surface area contributed by atoms with Gasteiger partial charge in [-0.25, -0.2) is 0 Å². The van der Waals surface area contributed by atoms with Gasteiger partial charge < -0.3 is 11.1 Å². The third-order valence-electron chi connectivity index (χ3n) is 3.44. The molecule has 0 spiro atoms. The molecule has 0 atom stereocenters. The topological polar surface area (TPSA) is 55.1 Å². The van der Waals surface area contributed by atoms with Crippen molar-refractivity contribution in [1.82, 2.24) is 5.32 Å². The molecule has 0 unspecified atom stereocenters. The summed E-state index contributed by atoms with van der Waals surface area (Å²) in [6.07, 6.45) is 4.18. The number of nitrogens with two attached hydrogens (primary N) is 1. The molecule has 0 radical (unpaired) electrons. The summed E-state index contributed by atoms with van der Waals surface area (Å²) in [6, 6.07) is 7.06. The highest BCUT2D eigenvalue weighted by Crippen LogP contribution is 2.29. The van der Waals surface area contributed by atoms with Crippen molar-refractivity contribution in [2.75, 3.05) is 18.5 Å². The van der Waals surface area contributed by atoms with Crippen LogP contribution in [-0.4, -0.2) is 23.5 Å². The van der Waals surface area contributed by atoms with Gasteiger partial charge in [0.1, 0.15) is 0 Å². The standard InChI is InChI=1S/C14H22N2OS/c1-4-14(5-2,18-3)10-16-13(17)11-7-6-8-12(15)9-11/h6-9H,4-5,10,15H2,1-3H3,(H,16,17). The van der Waals surface area contributed by atoms with Crippen LogP contribution in [0.25, 0.3) is 0 Å². The number of amides is 1. The van der Waals surface area contributed by atoms with E-state index in [-0.39, 0.29) is 10.7 Å². The normalized spacial score (nSPS) is 11.3. The van der Waals surface area contributed by atoms with E-state index in [1.165, 1.54) is 0 Å². The van der Waals surface area contributed by atoms with Gasteiger partial charge in [-0.15, -0.1) is 0 Å². The summed E-state index contributed by atoms with van der Waals surface area (Å²) in [5.74, 6) is -0.0531. The lowest BCUT2D eigenvalue weighted by Gasteiger charge is -2.29. The highest BCUT2D eigenvalue weighted by molar-refractivity contribution is 8.00. The van der Waals surface area contributed by atoms with E-state index in [1.807, 2.05) is 11.8 Å². The fourth-order valence-electron chi connectivity index (χ4n) is 1.88. The number of rotatable bonds is 6. The molecular weight excluding hydrogens is 244 g/mol. The summed E-state index contributed by atoms with van der Waals surface area (Å²) in [4.78, 5) is 12.0. The molecule has 1 amide bonds.